The second-order valence-corrected chi connectivity index (χ2v) is 5.00. The highest BCUT2D eigenvalue weighted by molar-refractivity contribution is 6.07. The zero-order valence-corrected chi connectivity index (χ0v) is 12.2. The highest BCUT2D eigenvalue weighted by Gasteiger charge is 2.15. The normalized spacial score (nSPS) is 10.2. The molecule has 0 atom stereocenters. The van der Waals surface area contributed by atoms with Gasteiger partial charge >= 0.3 is 5.97 Å². The van der Waals surface area contributed by atoms with E-state index >= 15 is 0 Å². The molecule has 2 rings (SSSR count). The highest BCUT2D eigenvalue weighted by Crippen LogP contribution is 2.21. The number of aromatic carboxylic acids is 1. The number of amides is 1. The summed E-state index contributed by atoms with van der Waals surface area (Å²) in [5, 5.41) is 11.9. The van der Waals surface area contributed by atoms with Gasteiger partial charge in [0.15, 0.2) is 0 Å². The van der Waals surface area contributed by atoms with Gasteiger partial charge < -0.3 is 10.4 Å². The summed E-state index contributed by atoms with van der Waals surface area (Å²) in [6.07, 6.45) is 0. The summed E-state index contributed by atoms with van der Waals surface area (Å²) in [4.78, 5) is 23.6. The van der Waals surface area contributed by atoms with E-state index in [2.05, 4.69) is 5.32 Å². The minimum absolute atomic E-state index is 0.189. The number of carboxylic acid groups (broad SMARTS) is 1. The Morgan fingerprint density at radius 2 is 1.52 bits per heavy atom. The molecular weight excluding hydrogens is 266 g/mol. The number of hydrogen-bond donors (Lipinski definition) is 2. The number of nitrogens with one attached hydrogen (secondary N) is 1. The summed E-state index contributed by atoms with van der Waals surface area (Å²) in [6, 6.07) is 10.5. The first-order valence-corrected chi connectivity index (χ1v) is 6.62. The Morgan fingerprint density at radius 1 is 0.952 bits per heavy atom. The van der Waals surface area contributed by atoms with Crippen molar-refractivity contribution in [3.05, 3.63) is 64.2 Å². The van der Waals surface area contributed by atoms with Gasteiger partial charge in [-0.15, -0.1) is 0 Å². The van der Waals surface area contributed by atoms with Gasteiger partial charge in [0.2, 0.25) is 0 Å². The van der Waals surface area contributed by atoms with Crippen LogP contribution in [0.1, 0.15) is 37.4 Å². The maximum Gasteiger partial charge on any atom is 0.336 e. The number of rotatable bonds is 3. The fraction of sp³-hybridized carbons (Fsp3) is 0.176. The minimum Gasteiger partial charge on any atom is -0.478 e. The molecule has 2 N–H and O–H groups in total. The van der Waals surface area contributed by atoms with Gasteiger partial charge in [0.25, 0.3) is 5.91 Å². The molecule has 0 saturated heterocycles. The average Bonchev–Trinajstić information content (AvgIpc) is 2.40. The Hall–Kier alpha value is -2.62. The molecule has 0 radical (unpaired) electrons. The zero-order valence-electron chi connectivity index (χ0n) is 12.2. The van der Waals surface area contributed by atoms with Crippen LogP contribution in [0.25, 0.3) is 0 Å². The van der Waals surface area contributed by atoms with Crippen molar-refractivity contribution in [2.24, 2.45) is 0 Å². The summed E-state index contributed by atoms with van der Waals surface area (Å²) in [5.41, 5.74) is 3.65. The van der Waals surface area contributed by atoms with E-state index < -0.39 is 5.97 Å². The second-order valence-electron chi connectivity index (χ2n) is 5.00. The number of aryl methyl sites for hydroxylation is 2. The lowest BCUT2D eigenvalue weighted by atomic mass is 10.0. The van der Waals surface area contributed by atoms with E-state index in [-0.39, 0.29) is 11.5 Å². The lowest BCUT2D eigenvalue weighted by Gasteiger charge is -2.13. The van der Waals surface area contributed by atoms with Crippen molar-refractivity contribution >= 4 is 17.6 Å². The quantitative estimate of drug-likeness (QED) is 0.905. The molecule has 4 nitrogen and oxygen atoms in total. The Balaban J connectivity index is 2.37. The third-order valence-electron chi connectivity index (χ3n) is 3.52. The van der Waals surface area contributed by atoms with Crippen molar-refractivity contribution in [2.75, 3.05) is 5.32 Å². The van der Waals surface area contributed by atoms with Gasteiger partial charge in [0, 0.05) is 11.3 Å². The van der Waals surface area contributed by atoms with Gasteiger partial charge in [-0.1, -0.05) is 24.3 Å². The lowest BCUT2D eigenvalue weighted by Crippen LogP contribution is -2.16. The first-order valence-electron chi connectivity index (χ1n) is 6.62. The number of anilines is 1. The summed E-state index contributed by atoms with van der Waals surface area (Å²) in [6.45, 7) is 5.44. The van der Waals surface area contributed by atoms with E-state index in [1.807, 2.05) is 32.0 Å². The molecule has 0 aliphatic rings. The monoisotopic (exact) mass is 283 g/mol. The smallest absolute Gasteiger partial charge is 0.336 e. The minimum atomic E-state index is -1.00. The molecule has 0 aliphatic carbocycles. The third kappa shape index (κ3) is 2.94. The van der Waals surface area contributed by atoms with Crippen LogP contribution in [0.5, 0.6) is 0 Å². The van der Waals surface area contributed by atoms with Crippen LogP contribution in [0.3, 0.4) is 0 Å². The number of carboxylic acids is 1. The van der Waals surface area contributed by atoms with Crippen molar-refractivity contribution < 1.29 is 14.7 Å². The molecule has 0 heterocycles. The summed E-state index contributed by atoms with van der Waals surface area (Å²) < 4.78 is 0. The fourth-order valence-electron chi connectivity index (χ4n) is 2.36. The van der Waals surface area contributed by atoms with E-state index in [1.165, 1.54) is 6.07 Å². The van der Waals surface area contributed by atoms with Crippen molar-refractivity contribution in [3.8, 4) is 0 Å². The summed E-state index contributed by atoms with van der Waals surface area (Å²) in [5.74, 6) is -1.23. The van der Waals surface area contributed by atoms with Crippen LogP contribution in [0.15, 0.2) is 36.4 Å². The van der Waals surface area contributed by atoms with E-state index in [1.54, 1.807) is 19.1 Å². The molecular formula is C17H17NO3. The highest BCUT2D eigenvalue weighted by atomic mass is 16.4. The summed E-state index contributed by atoms with van der Waals surface area (Å²) in [7, 11) is 0. The molecule has 2 aromatic carbocycles. The number of hydrogen-bond acceptors (Lipinski definition) is 2. The topological polar surface area (TPSA) is 66.4 Å². The molecule has 108 valence electrons. The molecule has 4 heteroatoms. The number of carbonyl (C=O) groups excluding carboxylic acids is 1. The van der Waals surface area contributed by atoms with Gasteiger partial charge in [-0.2, -0.15) is 0 Å². The predicted octanol–water partition coefficient (Wildman–Crippen LogP) is 3.56. The second kappa shape index (κ2) is 5.79. The molecule has 21 heavy (non-hydrogen) atoms. The van der Waals surface area contributed by atoms with Crippen LogP contribution in [-0.2, 0) is 0 Å². The molecule has 2 aromatic rings. The lowest BCUT2D eigenvalue weighted by molar-refractivity contribution is 0.0695. The Bertz CT molecular complexity index is 700. The first kappa shape index (κ1) is 14.8. The van der Waals surface area contributed by atoms with E-state index in [4.69, 9.17) is 5.11 Å². The number of benzene rings is 2. The zero-order chi connectivity index (χ0) is 15.6. The largest absolute Gasteiger partial charge is 0.478 e. The van der Waals surface area contributed by atoms with Crippen LogP contribution in [0.4, 0.5) is 5.69 Å². The molecule has 0 spiro atoms. The Morgan fingerprint density at radius 3 is 2.10 bits per heavy atom. The van der Waals surface area contributed by atoms with Crippen molar-refractivity contribution in [1.82, 2.24) is 0 Å². The standard InChI is InChI=1S/C17H17NO3/c1-10-6-4-7-11(2)15(10)16(19)18-14-9-5-8-13(12(14)3)17(20)21/h4-9H,1-3H3,(H,18,19)(H,20,21). The molecule has 0 saturated carbocycles. The van der Waals surface area contributed by atoms with E-state index in [0.29, 0.717) is 16.8 Å². The SMILES string of the molecule is Cc1cccc(C)c1C(=O)Nc1cccc(C(=O)O)c1C. The fourth-order valence-corrected chi connectivity index (χ4v) is 2.36. The van der Waals surface area contributed by atoms with Gasteiger partial charge in [-0.05, 0) is 49.6 Å². The van der Waals surface area contributed by atoms with Crippen LogP contribution >= 0.6 is 0 Å². The van der Waals surface area contributed by atoms with Gasteiger partial charge in [-0.3, -0.25) is 4.79 Å². The Kier molecular flexibility index (Phi) is 4.08. The number of carbonyl (C=O) groups is 2. The van der Waals surface area contributed by atoms with Gasteiger partial charge in [0.1, 0.15) is 0 Å². The maximum atomic E-state index is 12.4. The molecule has 0 aromatic heterocycles. The molecule has 0 fully saturated rings. The van der Waals surface area contributed by atoms with Crippen molar-refractivity contribution in [3.63, 3.8) is 0 Å². The van der Waals surface area contributed by atoms with E-state index in [0.717, 1.165) is 11.1 Å². The summed E-state index contributed by atoms with van der Waals surface area (Å²) >= 11 is 0. The molecule has 0 aliphatic heterocycles. The van der Waals surface area contributed by atoms with Gasteiger partial charge in [0.05, 0.1) is 5.56 Å². The maximum absolute atomic E-state index is 12.4. The average molecular weight is 283 g/mol. The van der Waals surface area contributed by atoms with Crippen molar-refractivity contribution in [1.29, 1.82) is 0 Å². The van der Waals surface area contributed by atoms with Crippen LogP contribution in [0, 0.1) is 20.8 Å². The van der Waals surface area contributed by atoms with Gasteiger partial charge in [-0.25, -0.2) is 4.79 Å². The Labute approximate surface area is 123 Å². The molecule has 1 amide bonds. The molecule has 0 unspecified atom stereocenters. The van der Waals surface area contributed by atoms with Crippen LogP contribution in [0.2, 0.25) is 0 Å². The first-order chi connectivity index (χ1) is 9.91. The van der Waals surface area contributed by atoms with E-state index in [9.17, 15) is 9.59 Å². The van der Waals surface area contributed by atoms with Crippen LogP contribution in [-0.4, -0.2) is 17.0 Å². The third-order valence-corrected chi connectivity index (χ3v) is 3.52. The van der Waals surface area contributed by atoms with Crippen molar-refractivity contribution in [2.45, 2.75) is 20.8 Å². The molecule has 0 bridgehead atoms. The predicted molar refractivity (Wildman–Crippen MR) is 82.0 cm³/mol. The van der Waals surface area contributed by atoms with Crippen LogP contribution < -0.4 is 5.32 Å².